The van der Waals surface area contributed by atoms with Gasteiger partial charge in [0.1, 0.15) is 28.4 Å². The third-order valence-corrected chi connectivity index (χ3v) is 8.79. The van der Waals surface area contributed by atoms with Crippen LogP contribution in [-0.2, 0) is 25.2 Å². The normalized spacial score (nSPS) is 13.1. The highest BCUT2D eigenvalue weighted by molar-refractivity contribution is 9.10. The number of fused-ring (bicyclic) bond motifs is 2. The van der Waals surface area contributed by atoms with Crippen molar-refractivity contribution in [2.24, 2.45) is 0 Å². The Bertz CT molecular complexity index is 1090. The van der Waals surface area contributed by atoms with Crippen LogP contribution in [0, 0.1) is 0 Å². The topological polar surface area (TPSA) is 52.6 Å². The smallest absolute Gasteiger partial charge is 0.338 e. The maximum Gasteiger partial charge on any atom is 0.338 e. The van der Waals surface area contributed by atoms with Gasteiger partial charge in [0.15, 0.2) is 14.7 Å². The maximum atomic E-state index is 12.4. The zero-order chi connectivity index (χ0) is 22.7. The van der Waals surface area contributed by atoms with Crippen molar-refractivity contribution in [1.29, 1.82) is 0 Å². The first-order chi connectivity index (χ1) is 15.3. The van der Waals surface area contributed by atoms with E-state index in [0.717, 1.165) is 4.90 Å². The highest BCUT2D eigenvalue weighted by Gasteiger charge is 2.37. The summed E-state index contributed by atoms with van der Waals surface area (Å²) in [6.07, 6.45) is 0. The van der Waals surface area contributed by atoms with Crippen LogP contribution in [0.15, 0.2) is 97.3 Å². The number of ether oxygens (including phenoxy) is 2. The second-order valence-electron chi connectivity index (χ2n) is 7.57. The molecule has 32 heavy (non-hydrogen) atoms. The molecule has 1 heterocycles. The number of benzene rings is 3. The summed E-state index contributed by atoms with van der Waals surface area (Å²) in [5.41, 5.74) is 0.470. The summed E-state index contributed by atoms with van der Waals surface area (Å²) in [5, 5.41) is 0. The van der Waals surface area contributed by atoms with Crippen molar-refractivity contribution in [3.8, 4) is 0 Å². The van der Waals surface area contributed by atoms with Gasteiger partial charge in [0.25, 0.3) is 0 Å². The molecule has 4 rings (SSSR count). The Hall–Kier alpha value is -2.22. The second-order valence-corrected chi connectivity index (χ2v) is 12.6. The van der Waals surface area contributed by atoms with Gasteiger partial charge in [0, 0.05) is 0 Å². The average Bonchev–Trinajstić information content (AvgIpc) is 2.79. The van der Waals surface area contributed by atoms with Gasteiger partial charge in [-0.3, -0.25) is 4.79 Å². The molecule has 1 aliphatic rings. The fourth-order valence-electron chi connectivity index (χ4n) is 3.15. The molecule has 0 atom stereocenters. The fourth-order valence-corrected chi connectivity index (χ4v) is 7.00. The number of halogens is 1. The summed E-state index contributed by atoms with van der Waals surface area (Å²) in [4.78, 5) is 30.4. The minimum absolute atomic E-state index is 0.0117. The van der Waals surface area contributed by atoms with Gasteiger partial charge in [-0.1, -0.05) is 52.0 Å². The molecule has 0 spiro atoms. The standard InChI is InChI=1S/C25H22BrO4S2/c1-25(2,26)24(28)30-16-15-29-23(27)17-11-13-18(14-12-17)32-21-9-5-3-7-19(21)31-20-8-4-6-10-22(20)32/h3-14H,15-16H2,1-2H3/q+1. The van der Waals surface area contributed by atoms with Gasteiger partial charge in [-0.05, 0) is 62.4 Å². The Morgan fingerprint density at radius 2 is 1.38 bits per heavy atom. The highest BCUT2D eigenvalue weighted by Crippen LogP contribution is 2.47. The van der Waals surface area contributed by atoms with Gasteiger partial charge in [0.05, 0.1) is 15.4 Å². The van der Waals surface area contributed by atoms with Crippen LogP contribution in [0.2, 0.25) is 0 Å². The van der Waals surface area contributed by atoms with Crippen molar-refractivity contribution in [2.75, 3.05) is 13.2 Å². The lowest BCUT2D eigenvalue weighted by molar-refractivity contribution is -0.146. The first-order valence-corrected chi connectivity index (χ1v) is 12.9. The predicted octanol–water partition coefficient (Wildman–Crippen LogP) is 6.12. The highest BCUT2D eigenvalue weighted by atomic mass is 79.9. The maximum absolute atomic E-state index is 12.4. The second kappa shape index (κ2) is 9.73. The zero-order valence-corrected chi connectivity index (χ0v) is 20.9. The van der Waals surface area contributed by atoms with Crippen LogP contribution in [0.5, 0.6) is 0 Å². The molecule has 3 aromatic rings. The number of hydrogen-bond acceptors (Lipinski definition) is 5. The van der Waals surface area contributed by atoms with Crippen molar-refractivity contribution < 1.29 is 19.1 Å². The fraction of sp³-hybridized carbons (Fsp3) is 0.200. The van der Waals surface area contributed by atoms with E-state index in [9.17, 15) is 9.59 Å². The van der Waals surface area contributed by atoms with Crippen molar-refractivity contribution in [3.63, 3.8) is 0 Å². The largest absolute Gasteiger partial charge is 0.461 e. The molecule has 0 aromatic heterocycles. The van der Waals surface area contributed by atoms with E-state index in [-0.39, 0.29) is 24.1 Å². The van der Waals surface area contributed by atoms with E-state index >= 15 is 0 Å². The van der Waals surface area contributed by atoms with Gasteiger partial charge < -0.3 is 9.47 Å². The summed E-state index contributed by atoms with van der Waals surface area (Å²) < 4.78 is 9.59. The third kappa shape index (κ3) is 5.05. The number of alkyl halides is 1. The molecule has 0 unspecified atom stereocenters. The number of esters is 2. The van der Waals surface area contributed by atoms with Crippen LogP contribution in [0.3, 0.4) is 0 Å². The molecule has 0 N–H and O–H groups in total. The zero-order valence-electron chi connectivity index (χ0n) is 17.7. The first-order valence-electron chi connectivity index (χ1n) is 10.1. The molecule has 4 nitrogen and oxygen atoms in total. The molecule has 0 radical (unpaired) electrons. The minimum atomic E-state index is -0.761. The third-order valence-electron chi connectivity index (χ3n) is 4.72. The van der Waals surface area contributed by atoms with Crippen LogP contribution in [0.25, 0.3) is 0 Å². The van der Waals surface area contributed by atoms with Gasteiger partial charge in [-0.15, -0.1) is 0 Å². The molecular weight excluding hydrogens is 508 g/mol. The molecule has 3 aromatic carbocycles. The van der Waals surface area contributed by atoms with E-state index in [0.29, 0.717) is 5.56 Å². The summed E-state index contributed by atoms with van der Waals surface area (Å²) in [7, 11) is -0.235. The van der Waals surface area contributed by atoms with Crippen molar-refractivity contribution >= 4 is 50.5 Å². The van der Waals surface area contributed by atoms with Crippen molar-refractivity contribution in [3.05, 3.63) is 78.4 Å². The van der Waals surface area contributed by atoms with E-state index in [1.807, 2.05) is 12.1 Å². The number of hydrogen-bond donors (Lipinski definition) is 0. The molecule has 0 aliphatic carbocycles. The SMILES string of the molecule is CC(C)(Br)C(=O)OCCOC(=O)c1ccc([S+]2c3ccccc3Sc3ccccc32)cc1. The van der Waals surface area contributed by atoms with E-state index < -0.39 is 16.3 Å². The lowest BCUT2D eigenvalue weighted by atomic mass is 10.2. The van der Waals surface area contributed by atoms with Gasteiger partial charge >= 0.3 is 11.9 Å². The molecule has 0 saturated heterocycles. The Labute approximate surface area is 203 Å². The van der Waals surface area contributed by atoms with Gasteiger partial charge in [-0.2, -0.15) is 0 Å². The van der Waals surface area contributed by atoms with Gasteiger partial charge in [0.2, 0.25) is 0 Å². The van der Waals surface area contributed by atoms with E-state index in [1.54, 1.807) is 37.7 Å². The molecule has 0 fully saturated rings. The minimum Gasteiger partial charge on any atom is -0.461 e. The lowest BCUT2D eigenvalue weighted by Gasteiger charge is -2.18. The Morgan fingerprint density at radius 3 is 1.94 bits per heavy atom. The Balaban J connectivity index is 1.47. The predicted molar refractivity (Wildman–Crippen MR) is 130 cm³/mol. The molecule has 1 aliphatic heterocycles. The monoisotopic (exact) mass is 529 g/mol. The summed E-state index contributed by atoms with van der Waals surface area (Å²) in [6, 6.07) is 24.5. The van der Waals surface area contributed by atoms with E-state index in [1.165, 1.54) is 19.6 Å². The van der Waals surface area contributed by atoms with E-state index in [2.05, 4.69) is 64.5 Å². The number of carbonyl (C=O) groups is 2. The number of carbonyl (C=O) groups excluding carboxylic acids is 2. The molecule has 0 bridgehead atoms. The average molecular weight is 530 g/mol. The quantitative estimate of drug-likeness (QED) is 0.130. The molecule has 164 valence electrons. The van der Waals surface area contributed by atoms with Crippen LogP contribution < -0.4 is 0 Å². The van der Waals surface area contributed by atoms with Crippen LogP contribution in [0.1, 0.15) is 24.2 Å². The Morgan fingerprint density at radius 1 is 0.844 bits per heavy atom. The summed E-state index contributed by atoms with van der Waals surface area (Å²) in [6.45, 7) is 3.43. The summed E-state index contributed by atoms with van der Waals surface area (Å²) in [5.74, 6) is -0.834. The molecular formula is C25H22BrO4S2+. The van der Waals surface area contributed by atoms with Crippen LogP contribution in [0.4, 0.5) is 0 Å². The first kappa shape index (κ1) is 23.0. The van der Waals surface area contributed by atoms with Crippen LogP contribution >= 0.6 is 27.7 Å². The van der Waals surface area contributed by atoms with Crippen molar-refractivity contribution in [1.82, 2.24) is 0 Å². The van der Waals surface area contributed by atoms with Crippen LogP contribution in [-0.4, -0.2) is 29.5 Å². The van der Waals surface area contributed by atoms with Gasteiger partial charge in [-0.25, -0.2) is 4.79 Å². The summed E-state index contributed by atoms with van der Waals surface area (Å²) >= 11 is 5.04. The lowest BCUT2D eigenvalue weighted by Crippen LogP contribution is -2.28. The van der Waals surface area contributed by atoms with E-state index in [4.69, 9.17) is 9.47 Å². The number of rotatable bonds is 6. The van der Waals surface area contributed by atoms with Crippen molar-refractivity contribution in [2.45, 2.75) is 42.6 Å². The molecule has 0 saturated carbocycles. The molecule has 7 heteroatoms. The Kier molecular flexibility index (Phi) is 6.98. The molecule has 0 amide bonds.